The van der Waals surface area contributed by atoms with Crippen molar-refractivity contribution in [1.29, 1.82) is 0 Å². The average molecular weight is 411 g/mol. The molecule has 2 heterocycles. The Kier molecular flexibility index (Phi) is 6.09. The highest BCUT2D eigenvalue weighted by Crippen LogP contribution is 2.47. The largest absolute Gasteiger partial charge is 0.445 e. The number of hydrogen-bond donors (Lipinski definition) is 1. The molecule has 160 valence electrons. The van der Waals surface area contributed by atoms with E-state index in [2.05, 4.69) is 0 Å². The quantitative estimate of drug-likeness (QED) is 0.724. The zero-order chi connectivity index (χ0) is 21.1. The number of ether oxygens (including phenoxy) is 3. The monoisotopic (exact) mass is 411 g/mol. The van der Waals surface area contributed by atoms with Crippen LogP contribution >= 0.6 is 0 Å². The average Bonchev–Trinajstić information content (AvgIpc) is 3.06. The van der Waals surface area contributed by atoms with E-state index in [1.165, 1.54) is 0 Å². The van der Waals surface area contributed by atoms with Gasteiger partial charge in [0.25, 0.3) is 0 Å². The van der Waals surface area contributed by atoms with E-state index >= 15 is 0 Å². The Morgan fingerprint density at radius 2 is 1.63 bits per heavy atom. The lowest BCUT2D eigenvalue weighted by Gasteiger charge is -2.44. The standard InChI is InChI=1S/C24H29NO5/c1-28-22(29-2)20-10-6-7-11-21(20)24(27)14-18-12-13-19(15-24)25(18)23(26)30-16-17-8-4-3-5-9-17/h3-11,18-19,22,27H,12-16H2,1-2H3. The molecule has 4 rings (SSSR count). The van der Waals surface area contributed by atoms with Crippen molar-refractivity contribution in [3.63, 3.8) is 0 Å². The van der Waals surface area contributed by atoms with E-state index in [0.29, 0.717) is 12.8 Å². The van der Waals surface area contributed by atoms with Gasteiger partial charge in [0.1, 0.15) is 6.61 Å². The second kappa shape index (κ2) is 8.76. The fourth-order valence-electron chi connectivity index (χ4n) is 5.01. The summed E-state index contributed by atoms with van der Waals surface area (Å²) in [5, 5.41) is 11.7. The summed E-state index contributed by atoms with van der Waals surface area (Å²) in [4.78, 5) is 14.7. The number of carbonyl (C=O) groups is 1. The second-order valence-corrected chi connectivity index (χ2v) is 8.16. The molecule has 2 aliphatic rings. The van der Waals surface area contributed by atoms with Crippen molar-refractivity contribution in [2.45, 2.75) is 56.3 Å². The molecule has 2 unspecified atom stereocenters. The fourth-order valence-corrected chi connectivity index (χ4v) is 5.01. The van der Waals surface area contributed by atoms with Crippen LogP contribution in [0.5, 0.6) is 0 Å². The number of carbonyl (C=O) groups excluding carboxylic acids is 1. The summed E-state index contributed by atoms with van der Waals surface area (Å²) in [6.45, 7) is 0.256. The van der Waals surface area contributed by atoms with Crippen LogP contribution in [0.15, 0.2) is 54.6 Å². The number of piperidine rings is 1. The number of aliphatic hydroxyl groups is 1. The first-order valence-corrected chi connectivity index (χ1v) is 10.4. The van der Waals surface area contributed by atoms with Gasteiger partial charge in [-0.15, -0.1) is 0 Å². The van der Waals surface area contributed by atoms with Gasteiger partial charge >= 0.3 is 6.09 Å². The number of amides is 1. The predicted octanol–water partition coefficient (Wildman–Crippen LogP) is 4.13. The molecule has 0 aliphatic carbocycles. The lowest BCUT2D eigenvalue weighted by atomic mass is 9.78. The molecule has 6 heteroatoms. The third kappa shape index (κ3) is 3.95. The van der Waals surface area contributed by atoms with Crippen molar-refractivity contribution in [3.8, 4) is 0 Å². The number of methoxy groups -OCH3 is 2. The molecule has 1 N–H and O–H groups in total. The maximum atomic E-state index is 12.8. The molecular weight excluding hydrogens is 382 g/mol. The molecule has 0 radical (unpaired) electrons. The Balaban J connectivity index is 1.50. The maximum absolute atomic E-state index is 12.8. The van der Waals surface area contributed by atoms with Crippen molar-refractivity contribution >= 4 is 6.09 Å². The molecule has 6 nitrogen and oxygen atoms in total. The van der Waals surface area contributed by atoms with E-state index < -0.39 is 11.9 Å². The van der Waals surface area contributed by atoms with Crippen LogP contribution in [0.3, 0.4) is 0 Å². The summed E-state index contributed by atoms with van der Waals surface area (Å²) >= 11 is 0. The summed E-state index contributed by atoms with van der Waals surface area (Å²) in [5.74, 6) is 0. The molecule has 0 saturated carbocycles. The van der Waals surface area contributed by atoms with Crippen LogP contribution in [-0.4, -0.2) is 42.4 Å². The molecule has 1 amide bonds. The van der Waals surface area contributed by atoms with Crippen molar-refractivity contribution in [1.82, 2.24) is 4.90 Å². The summed E-state index contributed by atoms with van der Waals surface area (Å²) < 4.78 is 16.5. The van der Waals surface area contributed by atoms with Gasteiger partial charge in [0.05, 0.1) is 5.60 Å². The van der Waals surface area contributed by atoms with Crippen LogP contribution in [0, 0.1) is 0 Å². The van der Waals surface area contributed by atoms with Crippen LogP contribution in [0.1, 0.15) is 48.7 Å². The molecule has 30 heavy (non-hydrogen) atoms. The minimum absolute atomic E-state index is 0.0476. The van der Waals surface area contributed by atoms with Crippen molar-refractivity contribution in [2.75, 3.05) is 14.2 Å². The molecule has 2 atom stereocenters. The van der Waals surface area contributed by atoms with Gasteiger partial charge < -0.3 is 24.2 Å². The maximum Gasteiger partial charge on any atom is 0.410 e. The number of fused-ring (bicyclic) bond motifs is 2. The highest BCUT2D eigenvalue weighted by Gasteiger charge is 2.51. The Morgan fingerprint density at radius 3 is 2.27 bits per heavy atom. The minimum Gasteiger partial charge on any atom is -0.445 e. The van der Waals surface area contributed by atoms with E-state index in [4.69, 9.17) is 14.2 Å². The van der Waals surface area contributed by atoms with Crippen LogP contribution in [0.4, 0.5) is 4.79 Å². The summed E-state index contributed by atoms with van der Waals surface area (Å²) in [6, 6.07) is 17.3. The minimum atomic E-state index is -1.03. The summed E-state index contributed by atoms with van der Waals surface area (Å²) in [5.41, 5.74) is 1.57. The van der Waals surface area contributed by atoms with Crippen molar-refractivity contribution in [3.05, 3.63) is 71.3 Å². The normalized spacial score (nSPS) is 25.5. The first kappa shape index (κ1) is 20.8. The van der Waals surface area contributed by atoms with E-state index in [0.717, 1.165) is 29.5 Å². The van der Waals surface area contributed by atoms with Crippen LogP contribution in [0.2, 0.25) is 0 Å². The molecule has 0 aromatic heterocycles. The zero-order valence-corrected chi connectivity index (χ0v) is 17.5. The van der Waals surface area contributed by atoms with Crippen LogP contribution in [0.25, 0.3) is 0 Å². The second-order valence-electron chi connectivity index (χ2n) is 8.16. The Morgan fingerprint density at radius 1 is 1.03 bits per heavy atom. The van der Waals surface area contributed by atoms with E-state index in [1.54, 1.807) is 14.2 Å². The third-order valence-electron chi connectivity index (χ3n) is 6.33. The van der Waals surface area contributed by atoms with Gasteiger partial charge in [-0.25, -0.2) is 4.79 Å². The van der Waals surface area contributed by atoms with E-state index in [-0.39, 0.29) is 24.8 Å². The van der Waals surface area contributed by atoms with Gasteiger partial charge in [-0.3, -0.25) is 0 Å². The molecule has 2 aromatic carbocycles. The zero-order valence-electron chi connectivity index (χ0n) is 17.5. The van der Waals surface area contributed by atoms with Gasteiger partial charge in [-0.05, 0) is 24.0 Å². The highest BCUT2D eigenvalue weighted by molar-refractivity contribution is 5.69. The molecule has 2 aliphatic heterocycles. The number of hydrogen-bond acceptors (Lipinski definition) is 5. The van der Waals surface area contributed by atoms with Gasteiger partial charge in [0.2, 0.25) is 0 Å². The highest BCUT2D eigenvalue weighted by atomic mass is 16.7. The molecule has 2 bridgehead atoms. The smallest absolute Gasteiger partial charge is 0.410 e. The van der Waals surface area contributed by atoms with E-state index in [1.807, 2.05) is 59.5 Å². The van der Waals surface area contributed by atoms with Gasteiger partial charge in [0.15, 0.2) is 6.29 Å². The van der Waals surface area contributed by atoms with Gasteiger partial charge in [-0.1, -0.05) is 54.6 Å². The summed E-state index contributed by atoms with van der Waals surface area (Å²) in [6.07, 6.45) is 1.84. The summed E-state index contributed by atoms with van der Waals surface area (Å²) in [7, 11) is 3.17. The molecule has 2 aromatic rings. The number of benzene rings is 2. The lowest BCUT2D eigenvalue weighted by Crippen LogP contribution is -2.52. The Bertz CT molecular complexity index is 853. The van der Waals surface area contributed by atoms with Crippen molar-refractivity contribution < 1.29 is 24.1 Å². The fraction of sp³-hybridized carbons (Fsp3) is 0.458. The number of rotatable bonds is 6. The van der Waals surface area contributed by atoms with Crippen LogP contribution in [-0.2, 0) is 26.4 Å². The van der Waals surface area contributed by atoms with Crippen molar-refractivity contribution in [2.24, 2.45) is 0 Å². The predicted molar refractivity (Wildman–Crippen MR) is 112 cm³/mol. The van der Waals surface area contributed by atoms with Crippen LogP contribution < -0.4 is 0 Å². The lowest BCUT2D eigenvalue weighted by molar-refractivity contribution is -0.111. The topological polar surface area (TPSA) is 68.2 Å². The first-order chi connectivity index (χ1) is 14.6. The Hall–Kier alpha value is -2.41. The number of nitrogens with zero attached hydrogens (tertiary/aromatic N) is 1. The van der Waals surface area contributed by atoms with E-state index in [9.17, 15) is 9.90 Å². The SMILES string of the molecule is COC(OC)c1ccccc1C1(O)CC2CCC(C1)N2C(=O)OCc1ccccc1. The molecule has 2 fully saturated rings. The Labute approximate surface area is 177 Å². The third-order valence-corrected chi connectivity index (χ3v) is 6.33. The molecular formula is C24H29NO5. The van der Waals surface area contributed by atoms with Gasteiger partial charge in [-0.2, -0.15) is 0 Å². The molecule has 0 spiro atoms. The first-order valence-electron chi connectivity index (χ1n) is 10.4. The van der Waals surface area contributed by atoms with Gasteiger partial charge in [0, 0.05) is 44.7 Å². The molecule has 2 saturated heterocycles.